The van der Waals surface area contributed by atoms with E-state index >= 15 is 0 Å². The van der Waals surface area contributed by atoms with Crippen molar-refractivity contribution in [3.05, 3.63) is 29.8 Å². The van der Waals surface area contributed by atoms with Gasteiger partial charge in [-0.1, -0.05) is 0 Å². The summed E-state index contributed by atoms with van der Waals surface area (Å²) < 4.78 is 24.0. The van der Waals surface area contributed by atoms with Gasteiger partial charge in [-0.2, -0.15) is 0 Å². The summed E-state index contributed by atoms with van der Waals surface area (Å²) >= 11 is 0. The Kier molecular flexibility index (Phi) is 1.34. The van der Waals surface area contributed by atoms with Crippen molar-refractivity contribution in [1.82, 2.24) is 0 Å². The molecule has 0 unspecified atom stereocenters. The molecule has 0 bridgehead atoms. The predicted molar refractivity (Wildman–Crippen MR) is 26.5 cm³/mol. The fraction of sp³-hybridized carbons (Fsp3) is 0. The first-order chi connectivity index (χ1) is 4.20. The van der Waals surface area contributed by atoms with E-state index < -0.39 is 17.4 Å². The van der Waals surface area contributed by atoms with E-state index in [-0.39, 0.29) is 0 Å². The van der Waals surface area contributed by atoms with E-state index in [1.165, 1.54) is 0 Å². The maximum atomic E-state index is 12.0. The normalized spacial score (nSPS) is 9.56. The second-order valence-corrected chi connectivity index (χ2v) is 1.57. The molecule has 9 heavy (non-hydrogen) atoms. The summed E-state index contributed by atoms with van der Waals surface area (Å²) in [5, 5.41) is 10.2. The third-order valence-electron chi connectivity index (χ3n) is 0.893. The second-order valence-electron chi connectivity index (χ2n) is 1.57. The van der Waals surface area contributed by atoms with Gasteiger partial charge in [-0.05, 0) is 12.1 Å². The van der Waals surface area contributed by atoms with Crippen LogP contribution in [0, 0.1) is 11.6 Å². The SMILES string of the molecule is [O]c1cc(F)ccc1F. The maximum Gasteiger partial charge on any atom is 0.217 e. The summed E-state index contributed by atoms with van der Waals surface area (Å²) in [4.78, 5) is 0. The average Bonchev–Trinajstić information content (AvgIpc) is 1.80. The zero-order valence-electron chi connectivity index (χ0n) is 4.40. The van der Waals surface area contributed by atoms with E-state index in [2.05, 4.69) is 0 Å². The minimum absolute atomic E-state index is 0.606. The quantitative estimate of drug-likeness (QED) is 0.511. The molecule has 1 aromatic rings. The fourth-order valence-electron chi connectivity index (χ4n) is 0.477. The molecule has 0 saturated carbocycles. The van der Waals surface area contributed by atoms with Crippen LogP contribution in [0.5, 0.6) is 5.75 Å². The first kappa shape index (κ1) is 6.01. The first-order valence-corrected chi connectivity index (χ1v) is 2.32. The summed E-state index contributed by atoms with van der Waals surface area (Å²) in [6, 6.07) is 2.31. The maximum absolute atomic E-state index is 12.0. The van der Waals surface area contributed by atoms with Gasteiger partial charge in [-0.15, -0.1) is 0 Å². The Morgan fingerprint density at radius 1 is 1.22 bits per heavy atom. The summed E-state index contributed by atoms with van der Waals surface area (Å²) in [5.74, 6) is -2.53. The smallest absolute Gasteiger partial charge is 0.217 e. The van der Waals surface area contributed by atoms with Gasteiger partial charge in [-0.3, -0.25) is 5.11 Å². The molecular formula is C6H3F2O. The molecular weight excluding hydrogens is 126 g/mol. The van der Waals surface area contributed by atoms with E-state index in [4.69, 9.17) is 0 Å². The van der Waals surface area contributed by atoms with Crippen LogP contribution in [0.1, 0.15) is 0 Å². The Labute approximate surface area is 50.6 Å². The van der Waals surface area contributed by atoms with Crippen molar-refractivity contribution in [2.24, 2.45) is 0 Å². The van der Waals surface area contributed by atoms with Crippen LogP contribution in [0.15, 0.2) is 18.2 Å². The molecule has 1 rings (SSSR count). The van der Waals surface area contributed by atoms with Crippen molar-refractivity contribution < 1.29 is 13.9 Å². The number of hydrogen-bond donors (Lipinski definition) is 0. The van der Waals surface area contributed by atoms with Crippen molar-refractivity contribution in [3.8, 4) is 5.75 Å². The molecule has 0 spiro atoms. The van der Waals surface area contributed by atoms with Crippen molar-refractivity contribution in [2.45, 2.75) is 0 Å². The van der Waals surface area contributed by atoms with Crippen molar-refractivity contribution >= 4 is 0 Å². The molecule has 0 fully saturated rings. The average molecular weight is 129 g/mol. The highest BCUT2D eigenvalue weighted by Gasteiger charge is 2.01. The third kappa shape index (κ3) is 1.16. The molecule has 0 aliphatic heterocycles. The van der Waals surface area contributed by atoms with Crippen molar-refractivity contribution in [2.75, 3.05) is 0 Å². The van der Waals surface area contributed by atoms with Crippen LogP contribution < -0.4 is 0 Å². The molecule has 0 atom stereocenters. The Balaban J connectivity index is 3.17. The molecule has 0 aromatic heterocycles. The first-order valence-electron chi connectivity index (χ1n) is 2.32. The van der Waals surface area contributed by atoms with E-state index in [0.29, 0.717) is 6.07 Å². The zero-order valence-corrected chi connectivity index (χ0v) is 4.40. The molecule has 47 valence electrons. The molecule has 0 aliphatic rings. The summed E-state index contributed by atoms with van der Waals surface area (Å²) in [7, 11) is 0. The molecule has 0 saturated heterocycles. The van der Waals surface area contributed by atoms with Crippen LogP contribution in [0.25, 0.3) is 0 Å². The minimum atomic E-state index is -0.920. The lowest BCUT2D eigenvalue weighted by Crippen LogP contribution is -1.75. The highest BCUT2D eigenvalue weighted by molar-refractivity contribution is 5.22. The molecule has 0 heterocycles. The fourth-order valence-corrected chi connectivity index (χ4v) is 0.477. The molecule has 0 N–H and O–H groups in total. The second kappa shape index (κ2) is 2.01. The molecule has 0 aliphatic carbocycles. The van der Waals surface area contributed by atoms with Gasteiger partial charge >= 0.3 is 0 Å². The molecule has 3 heteroatoms. The van der Waals surface area contributed by atoms with Crippen LogP contribution >= 0.6 is 0 Å². The highest BCUT2D eigenvalue weighted by Crippen LogP contribution is 2.15. The number of rotatable bonds is 0. The van der Waals surface area contributed by atoms with Gasteiger partial charge in [0.15, 0.2) is 5.82 Å². The van der Waals surface area contributed by atoms with Gasteiger partial charge in [0.05, 0.1) is 0 Å². The molecule has 0 amide bonds. The topological polar surface area (TPSA) is 19.9 Å². The molecule has 1 aromatic carbocycles. The van der Waals surface area contributed by atoms with Crippen molar-refractivity contribution in [3.63, 3.8) is 0 Å². The Morgan fingerprint density at radius 2 is 1.89 bits per heavy atom. The van der Waals surface area contributed by atoms with Gasteiger partial charge in [0.1, 0.15) is 5.82 Å². The monoisotopic (exact) mass is 129 g/mol. The lowest BCUT2D eigenvalue weighted by atomic mass is 10.3. The largest absolute Gasteiger partial charge is 0.287 e. The number of halogens is 2. The standard InChI is InChI=1S/C6H3F2O/c7-4-1-2-5(8)6(9)3-4/h1-3H. The van der Waals surface area contributed by atoms with Gasteiger partial charge in [-0.25, -0.2) is 8.78 Å². The van der Waals surface area contributed by atoms with E-state index in [0.717, 1.165) is 12.1 Å². The van der Waals surface area contributed by atoms with Gasteiger partial charge in [0.25, 0.3) is 0 Å². The Hall–Kier alpha value is -1.12. The van der Waals surface area contributed by atoms with Crippen LogP contribution in [0.4, 0.5) is 8.78 Å². The van der Waals surface area contributed by atoms with Crippen LogP contribution in [-0.2, 0) is 5.11 Å². The van der Waals surface area contributed by atoms with Gasteiger partial charge in [0, 0.05) is 6.07 Å². The summed E-state index contributed by atoms with van der Waals surface area (Å²) in [6.07, 6.45) is 0. The Morgan fingerprint density at radius 3 is 2.33 bits per heavy atom. The lowest BCUT2D eigenvalue weighted by molar-refractivity contribution is 0.327. The highest BCUT2D eigenvalue weighted by atomic mass is 19.1. The number of hydrogen-bond acceptors (Lipinski definition) is 0. The molecule has 1 nitrogen and oxygen atoms in total. The summed E-state index contributed by atoms with van der Waals surface area (Å²) in [5.41, 5.74) is 0. The van der Waals surface area contributed by atoms with Crippen LogP contribution in [0.3, 0.4) is 0 Å². The van der Waals surface area contributed by atoms with Crippen LogP contribution in [0.2, 0.25) is 0 Å². The van der Waals surface area contributed by atoms with E-state index in [9.17, 15) is 13.9 Å². The predicted octanol–water partition coefficient (Wildman–Crippen LogP) is 2.11. The summed E-state index contributed by atoms with van der Waals surface area (Å²) in [6.45, 7) is 0. The number of benzene rings is 1. The van der Waals surface area contributed by atoms with E-state index in [1.807, 2.05) is 0 Å². The minimum Gasteiger partial charge on any atom is -0.287 e. The lowest BCUT2D eigenvalue weighted by Gasteiger charge is -1.88. The Bertz CT molecular complexity index is 222. The third-order valence-corrected chi connectivity index (χ3v) is 0.893. The zero-order chi connectivity index (χ0) is 6.85. The van der Waals surface area contributed by atoms with Crippen LogP contribution in [-0.4, -0.2) is 0 Å². The van der Waals surface area contributed by atoms with Gasteiger partial charge in [0.2, 0.25) is 5.75 Å². The molecule has 1 radical (unpaired) electrons. The van der Waals surface area contributed by atoms with Crippen molar-refractivity contribution in [1.29, 1.82) is 0 Å². The van der Waals surface area contributed by atoms with E-state index in [1.54, 1.807) is 0 Å². The van der Waals surface area contributed by atoms with Gasteiger partial charge < -0.3 is 0 Å².